The van der Waals surface area contributed by atoms with Gasteiger partial charge >= 0.3 is 5.97 Å². The summed E-state index contributed by atoms with van der Waals surface area (Å²) < 4.78 is 0. The monoisotopic (exact) mass is 354 g/mol. The zero-order valence-corrected chi connectivity index (χ0v) is 14.6. The Balaban J connectivity index is 1.91. The second-order valence-corrected chi connectivity index (χ2v) is 5.88. The normalized spacial score (nSPS) is 10.2. The molecule has 2 amide bonds. The Labute approximate surface area is 152 Å². The summed E-state index contributed by atoms with van der Waals surface area (Å²) in [7, 11) is 0. The predicted molar refractivity (Wildman–Crippen MR) is 98.3 cm³/mol. The molecule has 2 rings (SSSR count). The van der Waals surface area contributed by atoms with Crippen molar-refractivity contribution in [1.82, 2.24) is 10.6 Å². The van der Waals surface area contributed by atoms with Crippen LogP contribution in [0.25, 0.3) is 0 Å². The molecule has 2 aromatic rings. The zero-order chi connectivity index (χ0) is 18.9. The molecule has 0 saturated heterocycles. The summed E-state index contributed by atoms with van der Waals surface area (Å²) in [5.41, 5.74) is 1.77. The van der Waals surface area contributed by atoms with Crippen LogP contribution in [0.5, 0.6) is 0 Å². The average molecular weight is 354 g/mol. The number of aromatic carboxylic acids is 1. The zero-order valence-electron chi connectivity index (χ0n) is 14.6. The SMILES string of the molecule is CCCCNC(=O)c1ccc(CNC(=O)c2cccc(C(=O)O)c2)cc1. The van der Waals surface area contributed by atoms with Crippen molar-refractivity contribution in [2.24, 2.45) is 0 Å². The van der Waals surface area contributed by atoms with Gasteiger partial charge in [-0.15, -0.1) is 0 Å². The summed E-state index contributed by atoms with van der Waals surface area (Å²) in [6.45, 7) is 3.00. The largest absolute Gasteiger partial charge is 0.478 e. The topological polar surface area (TPSA) is 95.5 Å². The van der Waals surface area contributed by atoms with Gasteiger partial charge in [0.25, 0.3) is 11.8 Å². The standard InChI is InChI=1S/C20H22N2O4/c1-2-3-11-21-18(23)15-9-7-14(8-10-15)13-22-19(24)16-5-4-6-17(12-16)20(25)26/h4-10,12H,2-3,11,13H2,1H3,(H,21,23)(H,22,24)(H,25,26). The molecule has 0 saturated carbocycles. The fourth-order valence-corrected chi connectivity index (χ4v) is 2.33. The molecular weight excluding hydrogens is 332 g/mol. The fraction of sp³-hybridized carbons (Fsp3) is 0.250. The average Bonchev–Trinajstić information content (AvgIpc) is 2.66. The lowest BCUT2D eigenvalue weighted by Gasteiger charge is -2.08. The first-order valence-electron chi connectivity index (χ1n) is 8.50. The number of nitrogens with one attached hydrogen (secondary N) is 2. The van der Waals surface area contributed by atoms with Crippen LogP contribution in [0.15, 0.2) is 48.5 Å². The second kappa shape index (κ2) is 9.36. The molecule has 0 aliphatic rings. The van der Waals surface area contributed by atoms with Gasteiger partial charge in [0.15, 0.2) is 0 Å². The van der Waals surface area contributed by atoms with Crippen molar-refractivity contribution in [2.45, 2.75) is 26.3 Å². The van der Waals surface area contributed by atoms with Crippen molar-refractivity contribution in [3.63, 3.8) is 0 Å². The van der Waals surface area contributed by atoms with Crippen LogP contribution >= 0.6 is 0 Å². The Morgan fingerprint density at radius 2 is 1.54 bits per heavy atom. The number of hydrogen-bond donors (Lipinski definition) is 3. The van der Waals surface area contributed by atoms with Gasteiger partial charge in [-0.1, -0.05) is 31.5 Å². The lowest BCUT2D eigenvalue weighted by atomic mass is 10.1. The molecule has 0 aliphatic carbocycles. The molecule has 0 heterocycles. The molecule has 0 aromatic heterocycles. The minimum absolute atomic E-state index is 0.0658. The van der Waals surface area contributed by atoms with E-state index in [1.807, 2.05) is 0 Å². The molecule has 0 radical (unpaired) electrons. The first-order chi connectivity index (χ1) is 12.5. The van der Waals surface area contributed by atoms with E-state index in [1.165, 1.54) is 18.2 Å². The number of carboxylic acids is 1. The molecule has 6 heteroatoms. The molecule has 3 N–H and O–H groups in total. The van der Waals surface area contributed by atoms with Crippen molar-refractivity contribution >= 4 is 17.8 Å². The highest BCUT2D eigenvalue weighted by molar-refractivity contribution is 5.97. The molecule has 2 aromatic carbocycles. The van der Waals surface area contributed by atoms with Crippen molar-refractivity contribution < 1.29 is 19.5 Å². The molecule has 0 aliphatic heterocycles. The number of hydrogen-bond acceptors (Lipinski definition) is 3. The smallest absolute Gasteiger partial charge is 0.335 e. The van der Waals surface area contributed by atoms with Crippen LogP contribution in [0.4, 0.5) is 0 Å². The first-order valence-corrected chi connectivity index (χ1v) is 8.50. The molecule has 136 valence electrons. The Hall–Kier alpha value is -3.15. The third-order valence-corrected chi connectivity index (χ3v) is 3.86. The van der Waals surface area contributed by atoms with E-state index in [0.29, 0.717) is 12.1 Å². The Bertz CT molecular complexity index is 785. The van der Waals surface area contributed by atoms with Crippen LogP contribution in [0, 0.1) is 0 Å². The summed E-state index contributed by atoms with van der Waals surface area (Å²) >= 11 is 0. The maximum absolute atomic E-state index is 12.1. The molecule has 0 bridgehead atoms. The van der Waals surface area contributed by atoms with Gasteiger partial charge in [0.1, 0.15) is 0 Å². The highest BCUT2D eigenvalue weighted by atomic mass is 16.4. The number of unbranched alkanes of at least 4 members (excludes halogenated alkanes) is 1. The minimum Gasteiger partial charge on any atom is -0.478 e. The van der Waals surface area contributed by atoms with E-state index in [2.05, 4.69) is 17.6 Å². The van der Waals surface area contributed by atoms with E-state index in [9.17, 15) is 14.4 Å². The number of amides is 2. The Kier molecular flexibility index (Phi) is 6.91. The molecule has 0 spiro atoms. The summed E-state index contributed by atoms with van der Waals surface area (Å²) in [6.07, 6.45) is 1.97. The molecule has 0 fully saturated rings. The molecule has 6 nitrogen and oxygen atoms in total. The van der Waals surface area contributed by atoms with Crippen LogP contribution in [0.3, 0.4) is 0 Å². The van der Waals surface area contributed by atoms with Crippen LogP contribution in [-0.2, 0) is 6.54 Å². The van der Waals surface area contributed by atoms with Crippen LogP contribution in [-0.4, -0.2) is 29.4 Å². The fourth-order valence-electron chi connectivity index (χ4n) is 2.33. The Morgan fingerprint density at radius 1 is 0.885 bits per heavy atom. The highest BCUT2D eigenvalue weighted by Gasteiger charge is 2.10. The predicted octanol–water partition coefficient (Wildman–Crippen LogP) is 2.84. The number of rotatable bonds is 8. The second-order valence-electron chi connectivity index (χ2n) is 5.88. The highest BCUT2D eigenvalue weighted by Crippen LogP contribution is 2.08. The minimum atomic E-state index is -1.08. The molecular formula is C20H22N2O4. The number of carbonyl (C=O) groups excluding carboxylic acids is 2. The van der Waals surface area contributed by atoms with E-state index in [-0.39, 0.29) is 29.5 Å². The van der Waals surface area contributed by atoms with Gasteiger partial charge in [-0.2, -0.15) is 0 Å². The van der Waals surface area contributed by atoms with E-state index < -0.39 is 5.97 Å². The van der Waals surface area contributed by atoms with Gasteiger partial charge < -0.3 is 15.7 Å². The van der Waals surface area contributed by atoms with Gasteiger partial charge in [-0.3, -0.25) is 9.59 Å². The lowest BCUT2D eigenvalue weighted by Crippen LogP contribution is -2.25. The van der Waals surface area contributed by atoms with Gasteiger partial charge in [0.2, 0.25) is 0 Å². The quantitative estimate of drug-likeness (QED) is 0.635. The van der Waals surface area contributed by atoms with E-state index in [0.717, 1.165) is 18.4 Å². The van der Waals surface area contributed by atoms with Crippen molar-refractivity contribution in [2.75, 3.05) is 6.54 Å². The molecule has 0 atom stereocenters. The summed E-state index contributed by atoms with van der Waals surface area (Å²) in [5, 5.41) is 14.6. The first kappa shape index (κ1) is 19.2. The number of carbonyl (C=O) groups is 3. The lowest BCUT2D eigenvalue weighted by molar-refractivity contribution is 0.0696. The van der Waals surface area contributed by atoms with Crippen molar-refractivity contribution in [1.29, 1.82) is 0 Å². The summed E-state index contributed by atoms with van der Waals surface area (Å²) in [6, 6.07) is 12.9. The van der Waals surface area contributed by atoms with Crippen LogP contribution in [0.2, 0.25) is 0 Å². The van der Waals surface area contributed by atoms with Gasteiger partial charge in [-0.05, 0) is 42.3 Å². The van der Waals surface area contributed by atoms with Crippen molar-refractivity contribution in [3.8, 4) is 0 Å². The van der Waals surface area contributed by atoms with Crippen LogP contribution in [0.1, 0.15) is 56.4 Å². The summed E-state index contributed by atoms with van der Waals surface area (Å²) in [4.78, 5) is 35.0. The third-order valence-electron chi connectivity index (χ3n) is 3.86. The van der Waals surface area contributed by atoms with Gasteiger partial charge in [0, 0.05) is 24.2 Å². The maximum Gasteiger partial charge on any atom is 0.335 e. The molecule has 0 unspecified atom stereocenters. The number of carboxylic acid groups (broad SMARTS) is 1. The van der Waals surface area contributed by atoms with E-state index in [4.69, 9.17) is 5.11 Å². The number of benzene rings is 2. The van der Waals surface area contributed by atoms with E-state index >= 15 is 0 Å². The van der Waals surface area contributed by atoms with Gasteiger partial charge in [0.05, 0.1) is 5.56 Å². The van der Waals surface area contributed by atoms with Gasteiger partial charge in [-0.25, -0.2) is 4.79 Å². The maximum atomic E-state index is 12.1. The third kappa shape index (κ3) is 5.44. The molecule has 26 heavy (non-hydrogen) atoms. The van der Waals surface area contributed by atoms with E-state index in [1.54, 1.807) is 30.3 Å². The summed E-state index contributed by atoms with van der Waals surface area (Å²) in [5.74, 6) is -1.54. The van der Waals surface area contributed by atoms with Crippen LogP contribution < -0.4 is 10.6 Å². The Morgan fingerprint density at radius 3 is 2.19 bits per heavy atom. The van der Waals surface area contributed by atoms with Crippen molar-refractivity contribution in [3.05, 3.63) is 70.8 Å².